The molecule has 0 aliphatic carbocycles. The number of nitrogens with zero attached hydrogens (tertiary/aromatic N) is 1. The molecule has 0 amide bonds. The fourth-order valence-electron chi connectivity index (χ4n) is 2.31. The third-order valence-electron chi connectivity index (χ3n) is 3.87. The predicted molar refractivity (Wildman–Crippen MR) is 83.0 cm³/mol. The van der Waals surface area contributed by atoms with Gasteiger partial charge in [0.1, 0.15) is 12.1 Å². The van der Waals surface area contributed by atoms with Crippen LogP contribution >= 0.6 is 0 Å². The van der Waals surface area contributed by atoms with Crippen LogP contribution in [0.25, 0.3) is 0 Å². The maximum atomic E-state index is 12.6. The molecule has 1 unspecified atom stereocenters. The maximum Gasteiger partial charge on any atom is 0.302 e. The van der Waals surface area contributed by atoms with Crippen molar-refractivity contribution in [2.75, 3.05) is 13.7 Å². The number of carbonyl (C=O) groups is 2. The van der Waals surface area contributed by atoms with Gasteiger partial charge < -0.3 is 9.84 Å². The van der Waals surface area contributed by atoms with Gasteiger partial charge in [0.2, 0.25) is 0 Å². The molecule has 0 fully saturated rings. The van der Waals surface area contributed by atoms with Gasteiger partial charge in [-0.1, -0.05) is 20.8 Å². The van der Waals surface area contributed by atoms with Gasteiger partial charge in [0.05, 0.1) is 0 Å². The molecule has 0 saturated heterocycles. The number of rotatable bonds is 9. The molecule has 3 atom stereocenters. The molecule has 0 spiro atoms. The molecule has 21 heavy (non-hydrogen) atoms. The van der Waals surface area contributed by atoms with E-state index in [1.54, 1.807) is 0 Å². The minimum absolute atomic E-state index is 0.00686. The molecule has 0 aromatic rings. The number of aliphatic hydroxyl groups excluding tert-OH is 1. The molecule has 124 valence electrons. The van der Waals surface area contributed by atoms with E-state index >= 15 is 0 Å². The Morgan fingerprint density at radius 1 is 1.14 bits per heavy atom. The van der Waals surface area contributed by atoms with E-state index in [2.05, 4.69) is 0 Å². The van der Waals surface area contributed by atoms with Gasteiger partial charge >= 0.3 is 5.97 Å². The van der Waals surface area contributed by atoms with Crippen LogP contribution in [0.3, 0.4) is 0 Å². The van der Waals surface area contributed by atoms with Gasteiger partial charge in [-0.25, -0.2) is 0 Å². The summed E-state index contributed by atoms with van der Waals surface area (Å²) in [7, 11) is 1.87. The summed E-state index contributed by atoms with van der Waals surface area (Å²) in [5.74, 6) is -0.575. The fraction of sp³-hybridized carbons (Fsp3) is 0.875. The second kappa shape index (κ2) is 9.15. The number of likely N-dealkylation sites (N-methyl/N-ethyl adjacent to an activating group) is 1. The van der Waals surface area contributed by atoms with Gasteiger partial charge in [0, 0.05) is 25.5 Å². The van der Waals surface area contributed by atoms with E-state index in [-0.39, 0.29) is 30.3 Å². The van der Waals surface area contributed by atoms with E-state index in [4.69, 9.17) is 9.84 Å². The highest BCUT2D eigenvalue weighted by molar-refractivity contribution is 5.86. The highest BCUT2D eigenvalue weighted by Crippen LogP contribution is 2.23. The summed E-state index contributed by atoms with van der Waals surface area (Å²) in [4.78, 5) is 26.0. The van der Waals surface area contributed by atoms with Crippen molar-refractivity contribution in [3.63, 3.8) is 0 Å². The number of esters is 1. The first-order valence-electron chi connectivity index (χ1n) is 7.67. The highest BCUT2D eigenvalue weighted by atomic mass is 16.5. The van der Waals surface area contributed by atoms with Crippen LogP contribution in [-0.4, -0.2) is 53.6 Å². The molecule has 5 nitrogen and oxygen atoms in total. The minimum atomic E-state index is -0.544. The highest BCUT2D eigenvalue weighted by Gasteiger charge is 2.39. The van der Waals surface area contributed by atoms with Crippen LogP contribution < -0.4 is 0 Å². The van der Waals surface area contributed by atoms with Crippen molar-refractivity contribution in [1.29, 1.82) is 0 Å². The molecule has 0 rings (SSSR count). The first kappa shape index (κ1) is 20.1. The molecule has 0 aliphatic heterocycles. The summed E-state index contributed by atoms with van der Waals surface area (Å²) in [6.07, 6.45) is -0.0527. The van der Waals surface area contributed by atoms with Crippen LogP contribution in [-0.2, 0) is 14.3 Å². The summed E-state index contributed by atoms with van der Waals surface area (Å²) < 4.78 is 5.46. The van der Waals surface area contributed by atoms with Crippen LogP contribution in [0.1, 0.15) is 48.0 Å². The van der Waals surface area contributed by atoms with Crippen molar-refractivity contribution in [3.8, 4) is 0 Å². The average molecular weight is 301 g/mol. The summed E-state index contributed by atoms with van der Waals surface area (Å²) in [6.45, 7) is 11.0. The molecule has 0 aliphatic rings. The zero-order chi connectivity index (χ0) is 16.7. The molecule has 0 radical (unpaired) electrons. The molecule has 0 saturated carbocycles. The predicted octanol–water partition coefficient (Wildman–Crippen LogP) is 1.87. The van der Waals surface area contributed by atoms with Gasteiger partial charge in [0.15, 0.2) is 5.78 Å². The van der Waals surface area contributed by atoms with Crippen molar-refractivity contribution < 1.29 is 19.4 Å². The molecule has 0 heterocycles. The smallest absolute Gasteiger partial charge is 0.302 e. The average Bonchev–Trinajstić information content (AvgIpc) is 2.36. The third-order valence-corrected chi connectivity index (χ3v) is 3.87. The Bertz CT molecular complexity index is 341. The first-order valence-corrected chi connectivity index (χ1v) is 7.67. The molecule has 1 N–H and O–H groups in total. The standard InChI is InChI=1S/C16H31NO4/c1-10(2)15(20)14(17(7)11(3)4)16(21-13(6)19)12(5)8-9-18/h10-12,14,16,18H,8-9H2,1-7H3/t12-,14?,16-/m1/s1. The number of hydrogen-bond donors (Lipinski definition) is 1. The van der Waals surface area contributed by atoms with Crippen LogP contribution in [0.4, 0.5) is 0 Å². The van der Waals surface area contributed by atoms with E-state index in [9.17, 15) is 9.59 Å². The summed E-state index contributed by atoms with van der Waals surface area (Å²) in [5.41, 5.74) is 0. The number of ketones is 1. The van der Waals surface area contributed by atoms with Crippen LogP contribution in [0, 0.1) is 11.8 Å². The van der Waals surface area contributed by atoms with Crippen molar-refractivity contribution in [3.05, 3.63) is 0 Å². The van der Waals surface area contributed by atoms with E-state index < -0.39 is 18.1 Å². The van der Waals surface area contributed by atoms with E-state index in [0.717, 1.165) is 0 Å². The molecular weight excluding hydrogens is 270 g/mol. The zero-order valence-electron chi connectivity index (χ0n) is 14.4. The third kappa shape index (κ3) is 6.14. The molecule has 0 aromatic heterocycles. The lowest BCUT2D eigenvalue weighted by Crippen LogP contribution is -2.54. The second-order valence-electron chi connectivity index (χ2n) is 6.32. The van der Waals surface area contributed by atoms with E-state index in [0.29, 0.717) is 6.42 Å². The Kier molecular flexibility index (Phi) is 8.74. The zero-order valence-corrected chi connectivity index (χ0v) is 14.4. The number of hydrogen-bond acceptors (Lipinski definition) is 5. The van der Waals surface area contributed by atoms with Gasteiger partial charge in [-0.2, -0.15) is 0 Å². The lowest BCUT2D eigenvalue weighted by molar-refractivity contribution is -0.157. The largest absolute Gasteiger partial charge is 0.460 e. The van der Waals surface area contributed by atoms with E-state index in [1.807, 2.05) is 46.6 Å². The molecule has 0 aromatic carbocycles. The Balaban J connectivity index is 5.53. The second-order valence-corrected chi connectivity index (χ2v) is 6.32. The number of Topliss-reactive ketones (excluding diaryl/α,β-unsaturated/α-hetero) is 1. The summed E-state index contributed by atoms with van der Waals surface area (Å²) >= 11 is 0. The normalized spacial score (nSPS) is 16.1. The number of aliphatic hydroxyl groups is 1. The monoisotopic (exact) mass is 301 g/mol. The number of ether oxygens (including phenoxy) is 1. The Hall–Kier alpha value is -0.940. The van der Waals surface area contributed by atoms with Crippen LogP contribution in [0.5, 0.6) is 0 Å². The van der Waals surface area contributed by atoms with Crippen LogP contribution in [0.2, 0.25) is 0 Å². The Morgan fingerprint density at radius 2 is 1.67 bits per heavy atom. The molecule has 5 heteroatoms. The summed E-state index contributed by atoms with van der Waals surface area (Å²) in [6, 6.07) is -0.340. The Morgan fingerprint density at radius 3 is 2.00 bits per heavy atom. The van der Waals surface area contributed by atoms with Gasteiger partial charge in [-0.15, -0.1) is 0 Å². The fourth-order valence-corrected chi connectivity index (χ4v) is 2.31. The SMILES string of the molecule is CC(=O)O[C@@H](C(C(=O)C(C)C)N(C)C(C)C)[C@H](C)CCO. The Labute approximate surface area is 128 Å². The van der Waals surface area contributed by atoms with Crippen molar-refractivity contribution in [2.24, 2.45) is 11.8 Å². The topological polar surface area (TPSA) is 66.8 Å². The van der Waals surface area contributed by atoms with Gasteiger partial charge in [-0.05, 0) is 33.2 Å². The van der Waals surface area contributed by atoms with Crippen molar-refractivity contribution in [1.82, 2.24) is 4.90 Å². The van der Waals surface area contributed by atoms with Gasteiger partial charge in [-0.3, -0.25) is 14.5 Å². The lowest BCUT2D eigenvalue weighted by Gasteiger charge is -2.38. The molecule has 0 bridgehead atoms. The van der Waals surface area contributed by atoms with E-state index in [1.165, 1.54) is 6.92 Å². The first-order chi connectivity index (χ1) is 9.63. The van der Waals surface area contributed by atoms with Gasteiger partial charge in [0.25, 0.3) is 0 Å². The quantitative estimate of drug-likeness (QED) is 0.659. The van der Waals surface area contributed by atoms with Crippen molar-refractivity contribution in [2.45, 2.75) is 66.2 Å². The number of carbonyl (C=O) groups excluding carboxylic acids is 2. The molecular formula is C16H31NO4. The minimum Gasteiger partial charge on any atom is -0.460 e. The maximum absolute atomic E-state index is 12.6. The lowest BCUT2D eigenvalue weighted by atomic mass is 9.87. The van der Waals surface area contributed by atoms with Crippen LogP contribution in [0.15, 0.2) is 0 Å². The van der Waals surface area contributed by atoms with Crippen molar-refractivity contribution >= 4 is 11.8 Å². The summed E-state index contributed by atoms with van der Waals surface area (Å²) in [5, 5.41) is 9.16.